The Morgan fingerprint density at radius 3 is 2.53 bits per heavy atom. The van der Waals surface area contributed by atoms with Crippen molar-refractivity contribution in [3.63, 3.8) is 0 Å². The molecule has 5 nitrogen and oxygen atoms in total. The van der Waals surface area contributed by atoms with Crippen LogP contribution in [0.2, 0.25) is 0 Å². The Morgan fingerprint density at radius 2 is 1.94 bits per heavy atom. The molecular weight excluding hydrogens is 222 g/mol. The van der Waals surface area contributed by atoms with Crippen molar-refractivity contribution in [1.82, 2.24) is 5.16 Å². The molecule has 0 bridgehead atoms. The SMILES string of the molecule is COC(=O)c1cnoc1-c1ccc(OC)cc1. The number of hydrogen-bond acceptors (Lipinski definition) is 5. The minimum absolute atomic E-state index is 0.303. The third-order valence-corrected chi connectivity index (χ3v) is 2.33. The Labute approximate surface area is 97.9 Å². The maximum atomic E-state index is 11.4. The number of aromatic nitrogens is 1. The van der Waals surface area contributed by atoms with Crippen LogP contribution in [0, 0.1) is 0 Å². The molecule has 2 rings (SSSR count). The van der Waals surface area contributed by atoms with Gasteiger partial charge in [-0.1, -0.05) is 5.16 Å². The largest absolute Gasteiger partial charge is 0.497 e. The summed E-state index contributed by atoms with van der Waals surface area (Å²) >= 11 is 0. The molecule has 0 aliphatic heterocycles. The van der Waals surface area contributed by atoms with Gasteiger partial charge in [0, 0.05) is 5.56 Å². The van der Waals surface area contributed by atoms with Crippen molar-refractivity contribution in [2.24, 2.45) is 0 Å². The Kier molecular flexibility index (Phi) is 3.09. The molecule has 0 saturated carbocycles. The quantitative estimate of drug-likeness (QED) is 0.760. The minimum Gasteiger partial charge on any atom is -0.497 e. The molecule has 0 aliphatic rings. The van der Waals surface area contributed by atoms with E-state index < -0.39 is 5.97 Å². The van der Waals surface area contributed by atoms with Crippen LogP contribution in [-0.4, -0.2) is 25.3 Å². The van der Waals surface area contributed by atoms with E-state index in [1.54, 1.807) is 31.4 Å². The zero-order valence-corrected chi connectivity index (χ0v) is 9.47. The molecule has 2 aromatic rings. The maximum absolute atomic E-state index is 11.4. The molecule has 0 amide bonds. The number of ether oxygens (including phenoxy) is 2. The second-order valence-corrected chi connectivity index (χ2v) is 3.29. The summed E-state index contributed by atoms with van der Waals surface area (Å²) in [7, 11) is 2.90. The van der Waals surface area contributed by atoms with Crippen molar-refractivity contribution < 1.29 is 18.8 Å². The van der Waals surface area contributed by atoms with Crippen molar-refractivity contribution in [2.45, 2.75) is 0 Å². The Bertz CT molecular complexity index is 516. The van der Waals surface area contributed by atoms with Gasteiger partial charge in [0.15, 0.2) is 5.76 Å². The number of methoxy groups -OCH3 is 2. The molecule has 0 aliphatic carbocycles. The molecule has 0 atom stereocenters. The molecule has 0 unspecified atom stereocenters. The number of carbonyl (C=O) groups excluding carboxylic acids is 1. The van der Waals surface area contributed by atoms with E-state index in [1.165, 1.54) is 13.3 Å². The fourth-order valence-corrected chi connectivity index (χ4v) is 1.45. The molecule has 1 aromatic carbocycles. The molecule has 0 saturated heterocycles. The molecular formula is C12H11NO4. The third-order valence-electron chi connectivity index (χ3n) is 2.33. The van der Waals surface area contributed by atoms with E-state index in [0.717, 1.165) is 11.3 Å². The minimum atomic E-state index is -0.475. The second-order valence-electron chi connectivity index (χ2n) is 3.29. The van der Waals surface area contributed by atoms with Crippen molar-refractivity contribution in [3.05, 3.63) is 36.0 Å². The summed E-state index contributed by atoms with van der Waals surface area (Å²) in [6.45, 7) is 0. The van der Waals surface area contributed by atoms with Crippen LogP contribution in [0.3, 0.4) is 0 Å². The van der Waals surface area contributed by atoms with E-state index in [4.69, 9.17) is 9.26 Å². The molecule has 1 aromatic heterocycles. The first kappa shape index (κ1) is 11.2. The maximum Gasteiger partial charge on any atom is 0.343 e. The highest BCUT2D eigenvalue weighted by Crippen LogP contribution is 2.25. The third kappa shape index (κ3) is 2.13. The van der Waals surface area contributed by atoms with Crippen LogP contribution >= 0.6 is 0 Å². The number of hydrogen-bond donors (Lipinski definition) is 0. The molecule has 0 fully saturated rings. The van der Waals surface area contributed by atoms with Crippen molar-refractivity contribution in [3.8, 4) is 17.1 Å². The van der Waals surface area contributed by atoms with E-state index in [9.17, 15) is 4.79 Å². The highest BCUT2D eigenvalue weighted by molar-refractivity contribution is 5.95. The number of nitrogens with zero attached hydrogens (tertiary/aromatic N) is 1. The highest BCUT2D eigenvalue weighted by atomic mass is 16.5. The summed E-state index contributed by atoms with van der Waals surface area (Å²) in [5.41, 5.74) is 1.04. The normalized spacial score (nSPS) is 10.0. The average molecular weight is 233 g/mol. The van der Waals surface area contributed by atoms with E-state index in [1.807, 2.05) is 0 Å². The zero-order chi connectivity index (χ0) is 12.3. The van der Waals surface area contributed by atoms with Gasteiger partial charge < -0.3 is 14.0 Å². The lowest BCUT2D eigenvalue weighted by atomic mass is 10.1. The Balaban J connectivity index is 2.39. The first-order chi connectivity index (χ1) is 8.26. The summed E-state index contributed by atoms with van der Waals surface area (Å²) in [4.78, 5) is 11.4. The summed E-state index contributed by atoms with van der Waals surface area (Å²) in [6.07, 6.45) is 1.34. The van der Waals surface area contributed by atoms with Crippen LogP contribution in [-0.2, 0) is 4.74 Å². The zero-order valence-electron chi connectivity index (χ0n) is 9.47. The van der Waals surface area contributed by atoms with Crippen LogP contribution in [0.1, 0.15) is 10.4 Å². The second kappa shape index (κ2) is 4.69. The Morgan fingerprint density at radius 1 is 1.24 bits per heavy atom. The Hall–Kier alpha value is -2.30. The van der Waals surface area contributed by atoms with Crippen LogP contribution < -0.4 is 4.74 Å². The van der Waals surface area contributed by atoms with Gasteiger partial charge >= 0.3 is 5.97 Å². The van der Waals surface area contributed by atoms with Gasteiger partial charge in [0.25, 0.3) is 0 Å². The van der Waals surface area contributed by atoms with Gasteiger partial charge in [-0.3, -0.25) is 0 Å². The summed E-state index contributed by atoms with van der Waals surface area (Å²) in [5, 5.41) is 3.60. The molecule has 17 heavy (non-hydrogen) atoms. The van der Waals surface area contributed by atoms with Crippen LogP contribution in [0.15, 0.2) is 35.0 Å². The van der Waals surface area contributed by atoms with Crippen molar-refractivity contribution in [1.29, 1.82) is 0 Å². The predicted octanol–water partition coefficient (Wildman–Crippen LogP) is 2.14. The van der Waals surface area contributed by atoms with Crippen LogP contribution in [0.5, 0.6) is 5.75 Å². The predicted molar refractivity (Wildman–Crippen MR) is 59.8 cm³/mol. The summed E-state index contributed by atoms with van der Waals surface area (Å²) < 4.78 is 14.7. The number of carbonyl (C=O) groups is 1. The van der Waals surface area contributed by atoms with Crippen LogP contribution in [0.4, 0.5) is 0 Å². The van der Waals surface area contributed by atoms with Gasteiger partial charge in [0.2, 0.25) is 0 Å². The standard InChI is InChI=1S/C12H11NO4/c1-15-9-5-3-8(4-6-9)11-10(7-13-17-11)12(14)16-2/h3-7H,1-2H3. The van der Waals surface area contributed by atoms with E-state index >= 15 is 0 Å². The molecule has 0 spiro atoms. The highest BCUT2D eigenvalue weighted by Gasteiger charge is 2.18. The molecule has 1 heterocycles. The van der Waals surface area contributed by atoms with Gasteiger partial charge in [-0.15, -0.1) is 0 Å². The van der Waals surface area contributed by atoms with Gasteiger partial charge in [0.05, 0.1) is 20.4 Å². The number of esters is 1. The van der Waals surface area contributed by atoms with Crippen molar-refractivity contribution in [2.75, 3.05) is 14.2 Å². The monoisotopic (exact) mass is 233 g/mol. The van der Waals surface area contributed by atoms with Gasteiger partial charge in [-0.25, -0.2) is 4.79 Å². The summed E-state index contributed by atoms with van der Waals surface area (Å²) in [5.74, 6) is 0.643. The number of rotatable bonds is 3. The van der Waals surface area contributed by atoms with Crippen molar-refractivity contribution >= 4 is 5.97 Å². The van der Waals surface area contributed by atoms with Gasteiger partial charge in [-0.2, -0.15) is 0 Å². The van der Waals surface area contributed by atoms with Gasteiger partial charge in [0.1, 0.15) is 11.3 Å². The van der Waals surface area contributed by atoms with Gasteiger partial charge in [-0.05, 0) is 24.3 Å². The lowest BCUT2D eigenvalue weighted by molar-refractivity contribution is 0.0601. The van der Waals surface area contributed by atoms with E-state index in [-0.39, 0.29) is 0 Å². The summed E-state index contributed by atoms with van der Waals surface area (Å²) in [6, 6.07) is 7.12. The molecule has 0 N–H and O–H groups in total. The number of benzene rings is 1. The fraction of sp³-hybridized carbons (Fsp3) is 0.167. The first-order valence-electron chi connectivity index (χ1n) is 4.93. The lowest BCUT2D eigenvalue weighted by Crippen LogP contribution is -2.00. The van der Waals surface area contributed by atoms with Crippen LogP contribution in [0.25, 0.3) is 11.3 Å². The molecule has 0 radical (unpaired) electrons. The molecule has 5 heteroatoms. The smallest absolute Gasteiger partial charge is 0.343 e. The lowest BCUT2D eigenvalue weighted by Gasteiger charge is -2.02. The topological polar surface area (TPSA) is 61.6 Å². The first-order valence-corrected chi connectivity index (χ1v) is 4.93. The molecule has 88 valence electrons. The van der Waals surface area contributed by atoms with E-state index in [2.05, 4.69) is 9.89 Å². The fourth-order valence-electron chi connectivity index (χ4n) is 1.45. The van der Waals surface area contributed by atoms with E-state index in [0.29, 0.717) is 11.3 Å². The average Bonchev–Trinajstić information content (AvgIpc) is 2.87.